The summed E-state index contributed by atoms with van der Waals surface area (Å²) in [5.74, 6) is 0. The minimum atomic E-state index is 0.0941. The van der Waals surface area contributed by atoms with Gasteiger partial charge in [-0.15, -0.1) is 0 Å². The van der Waals surface area contributed by atoms with E-state index in [-0.39, 0.29) is 6.04 Å². The Morgan fingerprint density at radius 3 is 2.75 bits per heavy atom. The van der Waals surface area contributed by atoms with Crippen LogP contribution in [-0.4, -0.2) is 0 Å². The highest BCUT2D eigenvalue weighted by Crippen LogP contribution is 2.26. The van der Waals surface area contributed by atoms with Gasteiger partial charge in [-0.3, -0.25) is 0 Å². The zero-order valence-electron chi connectivity index (χ0n) is 6.85. The molecule has 3 heteroatoms. The zero-order valence-corrected chi connectivity index (χ0v) is 9.19. The van der Waals surface area contributed by atoms with Crippen LogP contribution in [0.15, 0.2) is 22.7 Å². The molecule has 0 aromatic heterocycles. The fourth-order valence-electron chi connectivity index (χ4n) is 1.02. The Morgan fingerprint density at radius 2 is 2.25 bits per heavy atom. The Bertz CT molecular complexity index is 275. The average molecular weight is 249 g/mol. The molecule has 0 amide bonds. The van der Waals surface area contributed by atoms with Crippen LogP contribution in [0.3, 0.4) is 0 Å². The van der Waals surface area contributed by atoms with Crippen molar-refractivity contribution in [3.05, 3.63) is 33.3 Å². The summed E-state index contributed by atoms with van der Waals surface area (Å²) in [6.45, 7) is 2.06. The van der Waals surface area contributed by atoms with Crippen molar-refractivity contribution in [3.63, 3.8) is 0 Å². The first-order chi connectivity index (χ1) is 5.65. The monoisotopic (exact) mass is 247 g/mol. The van der Waals surface area contributed by atoms with Gasteiger partial charge in [0.15, 0.2) is 0 Å². The van der Waals surface area contributed by atoms with E-state index in [1.54, 1.807) is 0 Å². The second-order valence-corrected chi connectivity index (χ2v) is 3.97. The summed E-state index contributed by atoms with van der Waals surface area (Å²) in [6, 6.07) is 5.78. The molecule has 0 spiro atoms. The standard InChI is InChI=1S/C9H11BrClN/c1-2-9(12)7-4-3-6(11)5-8(7)10/h3-5,9H,2,12H2,1H3/t9-/m0/s1. The lowest BCUT2D eigenvalue weighted by Crippen LogP contribution is -2.08. The first-order valence-corrected chi connectivity index (χ1v) is 5.02. The number of hydrogen-bond donors (Lipinski definition) is 1. The van der Waals surface area contributed by atoms with Crippen molar-refractivity contribution in [2.45, 2.75) is 19.4 Å². The molecule has 0 saturated carbocycles. The quantitative estimate of drug-likeness (QED) is 0.851. The minimum Gasteiger partial charge on any atom is -0.324 e. The third-order valence-corrected chi connectivity index (χ3v) is 2.72. The van der Waals surface area contributed by atoms with Gasteiger partial charge in [-0.25, -0.2) is 0 Å². The van der Waals surface area contributed by atoms with Gasteiger partial charge in [0.05, 0.1) is 0 Å². The first-order valence-electron chi connectivity index (χ1n) is 3.85. The highest BCUT2D eigenvalue weighted by atomic mass is 79.9. The predicted molar refractivity (Wildman–Crippen MR) is 56.4 cm³/mol. The molecule has 1 aromatic carbocycles. The molecular weight excluding hydrogens is 237 g/mol. The minimum absolute atomic E-state index is 0.0941. The molecule has 1 rings (SSSR count). The van der Waals surface area contributed by atoms with E-state index in [2.05, 4.69) is 22.9 Å². The van der Waals surface area contributed by atoms with Crippen LogP contribution >= 0.6 is 27.5 Å². The molecule has 2 N–H and O–H groups in total. The Morgan fingerprint density at radius 1 is 1.58 bits per heavy atom. The highest BCUT2D eigenvalue weighted by Gasteiger charge is 2.07. The fourth-order valence-corrected chi connectivity index (χ4v) is 2.00. The Labute approximate surface area is 86.0 Å². The average Bonchev–Trinajstić information content (AvgIpc) is 2.03. The molecule has 0 aliphatic rings. The van der Waals surface area contributed by atoms with Crippen molar-refractivity contribution in [1.82, 2.24) is 0 Å². The summed E-state index contributed by atoms with van der Waals surface area (Å²) in [4.78, 5) is 0. The van der Waals surface area contributed by atoms with E-state index in [9.17, 15) is 0 Å². The first kappa shape index (κ1) is 10.0. The van der Waals surface area contributed by atoms with Crippen LogP contribution in [-0.2, 0) is 0 Å². The lowest BCUT2D eigenvalue weighted by molar-refractivity contribution is 0.695. The summed E-state index contributed by atoms with van der Waals surface area (Å²) in [6.07, 6.45) is 0.931. The van der Waals surface area contributed by atoms with Crippen molar-refractivity contribution in [2.24, 2.45) is 5.73 Å². The molecule has 0 fully saturated rings. The number of nitrogens with two attached hydrogens (primary N) is 1. The van der Waals surface area contributed by atoms with E-state index in [4.69, 9.17) is 17.3 Å². The molecule has 66 valence electrons. The number of rotatable bonds is 2. The van der Waals surface area contributed by atoms with Crippen molar-refractivity contribution in [3.8, 4) is 0 Å². The number of benzene rings is 1. The topological polar surface area (TPSA) is 26.0 Å². The van der Waals surface area contributed by atoms with Crippen molar-refractivity contribution in [1.29, 1.82) is 0 Å². The molecule has 0 radical (unpaired) electrons. The molecule has 0 saturated heterocycles. The van der Waals surface area contributed by atoms with Crippen LogP contribution < -0.4 is 5.73 Å². The van der Waals surface area contributed by atoms with Gasteiger partial charge < -0.3 is 5.73 Å². The van der Waals surface area contributed by atoms with E-state index in [1.807, 2.05) is 18.2 Å². The van der Waals surface area contributed by atoms with E-state index in [0.29, 0.717) is 0 Å². The van der Waals surface area contributed by atoms with Crippen molar-refractivity contribution in [2.75, 3.05) is 0 Å². The second-order valence-electron chi connectivity index (χ2n) is 2.68. The van der Waals surface area contributed by atoms with E-state index in [0.717, 1.165) is 21.5 Å². The Hall–Kier alpha value is -0.0500. The maximum absolute atomic E-state index is 5.87. The van der Waals surface area contributed by atoms with Crippen LogP contribution in [0.25, 0.3) is 0 Å². The fraction of sp³-hybridized carbons (Fsp3) is 0.333. The molecule has 1 atom stereocenters. The predicted octanol–water partition coefficient (Wildman–Crippen LogP) is 3.51. The molecule has 0 heterocycles. The third kappa shape index (κ3) is 2.22. The van der Waals surface area contributed by atoms with Crippen LogP contribution in [0.1, 0.15) is 24.9 Å². The summed E-state index contributed by atoms with van der Waals surface area (Å²) >= 11 is 9.22. The van der Waals surface area contributed by atoms with Gasteiger partial charge in [0.2, 0.25) is 0 Å². The van der Waals surface area contributed by atoms with Crippen LogP contribution in [0.4, 0.5) is 0 Å². The lowest BCUT2D eigenvalue weighted by atomic mass is 10.1. The Balaban J connectivity index is 3.01. The van der Waals surface area contributed by atoms with Crippen molar-refractivity contribution < 1.29 is 0 Å². The summed E-state index contributed by atoms with van der Waals surface area (Å²) in [5.41, 5.74) is 6.98. The molecular formula is C9H11BrClN. The van der Waals surface area contributed by atoms with E-state index < -0.39 is 0 Å². The van der Waals surface area contributed by atoms with Crippen molar-refractivity contribution >= 4 is 27.5 Å². The summed E-state index contributed by atoms with van der Waals surface area (Å²) < 4.78 is 0.990. The second kappa shape index (κ2) is 4.26. The molecule has 12 heavy (non-hydrogen) atoms. The lowest BCUT2D eigenvalue weighted by Gasteiger charge is -2.11. The molecule has 1 aromatic rings. The number of hydrogen-bond acceptors (Lipinski definition) is 1. The maximum atomic E-state index is 5.87. The molecule has 0 unspecified atom stereocenters. The number of halogens is 2. The molecule has 0 aliphatic carbocycles. The van der Waals surface area contributed by atoms with Crippen LogP contribution in [0.2, 0.25) is 5.02 Å². The van der Waals surface area contributed by atoms with Gasteiger partial charge in [-0.1, -0.05) is 40.5 Å². The third-order valence-electron chi connectivity index (χ3n) is 1.80. The normalized spacial score (nSPS) is 13.0. The summed E-state index contributed by atoms with van der Waals surface area (Å²) in [5, 5.41) is 0.730. The van der Waals surface area contributed by atoms with E-state index >= 15 is 0 Å². The van der Waals surface area contributed by atoms with Gasteiger partial charge in [-0.05, 0) is 24.1 Å². The largest absolute Gasteiger partial charge is 0.324 e. The SMILES string of the molecule is CC[C@H](N)c1ccc(Cl)cc1Br. The zero-order chi connectivity index (χ0) is 9.14. The smallest absolute Gasteiger partial charge is 0.0417 e. The maximum Gasteiger partial charge on any atom is 0.0417 e. The molecule has 1 nitrogen and oxygen atoms in total. The van der Waals surface area contributed by atoms with Gasteiger partial charge >= 0.3 is 0 Å². The van der Waals surface area contributed by atoms with Gasteiger partial charge in [0.25, 0.3) is 0 Å². The van der Waals surface area contributed by atoms with Crippen LogP contribution in [0.5, 0.6) is 0 Å². The molecule has 0 bridgehead atoms. The van der Waals surface area contributed by atoms with Gasteiger partial charge in [0.1, 0.15) is 0 Å². The summed E-state index contributed by atoms with van der Waals surface area (Å²) in [7, 11) is 0. The van der Waals surface area contributed by atoms with Crippen LogP contribution in [0, 0.1) is 0 Å². The highest BCUT2D eigenvalue weighted by molar-refractivity contribution is 9.10. The van der Waals surface area contributed by atoms with Gasteiger partial charge in [0, 0.05) is 15.5 Å². The van der Waals surface area contributed by atoms with Gasteiger partial charge in [-0.2, -0.15) is 0 Å². The molecule has 0 aliphatic heterocycles. The Kier molecular flexibility index (Phi) is 3.56. The van der Waals surface area contributed by atoms with E-state index in [1.165, 1.54) is 0 Å².